The number of hydrogen-bond acceptors (Lipinski definition) is 6. The van der Waals surface area contributed by atoms with Gasteiger partial charge in [0.05, 0.1) is 13.0 Å². The summed E-state index contributed by atoms with van der Waals surface area (Å²) in [6.07, 6.45) is 1.17. The molecule has 0 aromatic heterocycles. The van der Waals surface area contributed by atoms with Crippen molar-refractivity contribution < 1.29 is 24.2 Å². The van der Waals surface area contributed by atoms with E-state index in [9.17, 15) is 14.4 Å². The van der Waals surface area contributed by atoms with Crippen LogP contribution in [0.5, 0.6) is 0 Å². The van der Waals surface area contributed by atoms with Crippen molar-refractivity contribution in [3.63, 3.8) is 0 Å². The van der Waals surface area contributed by atoms with Gasteiger partial charge in [0.1, 0.15) is 0 Å². The third-order valence-corrected chi connectivity index (χ3v) is 5.77. The monoisotopic (exact) mass is 364 g/mol. The van der Waals surface area contributed by atoms with Crippen LogP contribution >= 0.6 is 21.6 Å². The van der Waals surface area contributed by atoms with Crippen molar-refractivity contribution in [2.45, 2.75) is 26.2 Å². The molecule has 7 nitrogen and oxygen atoms in total. The molecule has 1 rings (SSSR count). The van der Waals surface area contributed by atoms with E-state index in [1.807, 2.05) is 0 Å². The van der Waals surface area contributed by atoms with Gasteiger partial charge in [-0.3, -0.25) is 9.59 Å². The first kappa shape index (κ1) is 20.0. The summed E-state index contributed by atoms with van der Waals surface area (Å²) in [7, 11) is 3.07. The van der Waals surface area contributed by atoms with E-state index in [2.05, 4.69) is 5.32 Å². The van der Waals surface area contributed by atoms with E-state index >= 15 is 0 Å². The third-order valence-electron chi connectivity index (χ3n) is 3.36. The Kier molecular flexibility index (Phi) is 9.93. The number of nitrogens with one attached hydrogen (secondary N) is 1. The normalized spacial score (nSPS) is 15.3. The highest BCUT2D eigenvalue weighted by Crippen LogP contribution is 2.21. The smallest absolute Gasteiger partial charge is 0.409 e. The molecule has 0 radical (unpaired) electrons. The third kappa shape index (κ3) is 8.36. The van der Waals surface area contributed by atoms with Gasteiger partial charge in [-0.15, -0.1) is 0 Å². The second-order valence-corrected chi connectivity index (χ2v) is 7.74. The molecule has 1 fully saturated rings. The van der Waals surface area contributed by atoms with Gasteiger partial charge in [0, 0.05) is 37.1 Å². The summed E-state index contributed by atoms with van der Waals surface area (Å²) in [6, 6.07) is 0. The topological polar surface area (TPSA) is 95.9 Å². The van der Waals surface area contributed by atoms with E-state index in [1.54, 1.807) is 22.6 Å². The van der Waals surface area contributed by atoms with Gasteiger partial charge in [0.25, 0.3) is 0 Å². The lowest BCUT2D eigenvalue weighted by molar-refractivity contribution is -0.136. The summed E-state index contributed by atoms with van der Waals surface area (Å²) >= 11 is 0. The van der Waals surface area contributed by atoms with Crippen LogP contribution in [0.3, 0.4) is 0 Å². The number of likely N-dealkylation sites (tertiary alicyclic amines) is 1. The maximum atomic E-state index is 12.0. The van der Waals surface area contributed by atoms with Gasteiger partial charge in [-0.25, -0.2) is 4.79 Å². The fourth-order valence-electron chi connectivity index (χ4n) is 2.15. The molecular formula is C14H24N2O5S2. The molecule has 1 aliphatic heterocycles. The van der Waals surface area contributed by atoms with Crippen LogP contribution in [0.4, 0.5) is 4.79 Å². The first-order chi connectivity index (χ1) is 11.0. The van der Waals surface area contributed by atoms with Gasteiger partial charge < -0.3 is 20.1 Å². The van der Waals surface area contributed by atoms with E-state index < -0.39 is 5.97 Å². The van der Waals surface area contributed by atoms with Crippen molar-refractivity contribution in [1.82, 2.24) is 10.2 Å². The molecular weight excluding hydrogens is 340 g/mol. The molecule has 1 aliphatic rings. The SMILES string of the molecule is CCOC(=O)N1CCC(C(=O)NCCSSCCC(=O)O)CC1. The number of ether oxygens (including phenoxy) is 1. The predicted molar refractivity (Wildman–Crippen MR) is 91.5 cm³/mol. The van der Waals surface area contributed by atoms with Crippen LogP contribution in [0, 0.1) is 5.92 Å². The molecule has 0 atom stereocenters. The molecule has 0 aromatic carbocycles. The number of hydrogen-bond donors (Lipinski definition) is 2. The summed E-state index contributed by atoms with van der Waals surface area (Å²) in [5, 5.41) is 11.4. The van der Waals surface area contributed by atoms with E-state index in [1.165, 1.54) is 10.8 Å². The highest BCUT2D eigenvalue weighted by atomic mass is 33.1. The van der Waals surface area contributed by atoms with Gasteiger partial charge >= 0.3 is 12.1 Å². The average molecular weight is 364 g/mol. The Morgan fingerprint density at radius 3 is 2.48 bits per heavy atom. The largest absolute Gasteiger partial charge is 0.481 e. The van der Waals surface area contributed by atoms with Gasteiger partial charge in [0.2, 0.25) is 5.91 Å². The fourth-order valence-corrected chi connectivity index (χ4v) is 4.03. The van der Waals surface area contributed by atoms with Gasteiger partial charge in [-0.05, 0) is 19.8 Å². The molecule has 0 unspecified atom stereocenters. The Hall–Kier alpha value is -1.09. The lowest BCUT2D eigenvalue weighted by atomic mass is 9.96. The van der Waals surface area contributed by atoms with E-state index in [-0.39, 0.29) is 24.3 Å². The Bertz CT molecular complexity index is 401. The lowest BCUT2D eigenvalue weighted by Gasteiger charge is -2.30. The Morgan fingerprint density at radius 2 is 1.87 bits per heavy atom. The minimum absolute atomic E-state index is 0.0321. The summed E-state index contributed by atoms with van der Waals surface area (Å²) < 4.78 is 4.95. The zero-order chi connectivity index (χ0) is 17.1. The van der Waals surface area contributed by atoms with Gasteiger partial charge in [0.15, 0.2) is 0 Å². The molecule has 0 aliphatic carbocycles. The Balaban J connectivity index is 2.08. The van der Waals surface area contributed by atoms with Crippen molar-refractivity contribution in [1.29, 1.82) is 0 Å². The number of carbonyl (C=O) groups is 3. The molecule has 23 heavy (non-hydrogen) atoms. The standard InChI is InChI=1S/C14H24N2O5S2/c1-2-21-14(20)16-7-3-11(4-8-16)13(19)15-6-10-23-22-9-5-12(17)18/h11H,2-10H2,1H3,(H,15,19)(H,17,18). The van der Waals surface area contributed by atoms with Crippen LogP contribution in [0.1, 0.15) is 26.2 Å². The highest BCUT2D eigenvalue weighted by molar-refractivity contribution is 8.76. The van der Waals surface area contributed by atoms with Crippen LogP contribution in [0.25, 0.3) is 0 Å². The number of piperidine rings is 1. The Morgan fingerprint density at radius 1 is 1.22 bits per heavy atom. The summed E-state index contributed by atoms with van der Waals surface area (Å²) in [6.45, 7) is 3.81. The maximum absolute atomic E-state index is 12.0. The van der Waals surface area contributed by atoms with Crippen LogP contribution in [-0.4, -0.2) is 65.7 Å². The molecule has 1 heterocycles. The van der Waals surface area contributed by atoms with Crippen molar-refractivity contribution in [2.24, 2.45) is 5.92 Å². The van der Waals surface area contributed by atoms with Crippen molar-refractivity contribution in [3.8, 4) is 0 Å². The zero-order valence-electron chi connectivity index (χ0n) is 13.3. The quantitative estimate of drug-likeness (QED) is 0.476. The molecule has 132 valence electrons. The van der Waals surface area contributed by atoms with Crippen LogP contribution < -0.4 is 5.32 Å². The maximum Gasteiger partial charge on any atom is 0.409 e. The van der Waals surface area contributed by atoms with Gasteiger partial charge in [-0.1, -0.05) is 21.6 Å². The van der Waals surface area contributed by atoms with Crippen molar-refractivity contribution in [3.05, 3.63) is 0 Å². The first-order valence-electron chi connectivity index (χ1n) is 7.70. The molecule has 0 aromatic rings. The number of carboxylic acid groups (broad SMARTS) is 1. The number of carbonyl (C=O) groups excluding carboxylic acids is 2. The molecule has 0 saturated carbocycles. The van der Waals surface area contributed by atoms with Crippen LogP contribution in [0.15, 0.2) is 0 Å². The average Bonchev–Trinajstić information content (AvgIpc) is 2.54. The molecule has 0 bridgehead atoms. The molecule has 2 N–H and O–H groups in total. The second kappa shape index (κ2) is 11.4. The molecule has 2 amide bonds. The first-order valence-corrected chi connectivity index (χ1v) is 10.2. The van der Waals surface area contributed by atoms with Crippen LogP contribution in [-0.2, 0) is 14.3 Å². The molecule has 9 heteroatoms. The van der Waals surface area contributed by atoms with E-state index in [4.69, 9.17) is 9.84 Å². The zero-order valence-corrected chi connectivity index (χ0v) is 14.9. The highest BCUT2D eigenvalue weighted by Gasteiger charge is 2.27. The number of nitrogens with zero attached hydrogens (tertiary/aromatic N) is 1. The summed E-state index contributed by atoms with van der Waals surface area (Å²) in [4.78, 5) is 35.6. The van der Waals surface area contributed by atoms with Crippen molar-refractivity contribution in [2.75, 3.05) is 37.7 Å². The van der Waals surface area contributed by atoms with Crippen molar-refractivity contribution >= 4 is 39.6 Å². The minimum atomic E-state index is -0.791. The second-order valence-electron chi connectivity index (χ2n) is 5.04. The fraction of sp³-hybridized carbons (Fsp3) is 0.786. The molecule has 0 spiro atoms. The predicted octanol–water partition coefficient (Wildman–Crippen LogP) is 1.83. The van der Waals surface area contributed by atoms with E-state index in [0.717, 1.165) is 5.75 Å². The number of carboxylic acids is 1. The van der Waals surface area contributed by atoms with Gasteiger partial charge in [-0.2, -0.15) is 0 Å². The number of rotatable bonds is 9. The number of aliphatic carboxylic acids is 1. The minimum Gasteiger partial charge on any atom is -0.481 e. The van der Waals surface area contributed by atoms with E-state index in [0.29, 0.717) is 44.8 Å². The lowest BCUT2D eigenvalue weighted by Crippen LogP contribution is -2.43. The summed E-state index contributed by atoms with van der Waals surface area (Å²) in [5.74, 6) is 0.508. The molecule has 1 saturated heterocycles. The summed E-state index contributed by atoms with van der Waals surface area (Å²) in [5.41, 5.74) is 0. The van der Waals surface area contributed by atoms with Crippen LogP contribution in [0.2, 0.25) is 0 Å². The number of amides is 2. The Labute approximate surface area is 144 Å².